The molecule has 1 aliphatic rings. The standard InChI is InChI=1S/C14H27NO3S/c1-3-5-9-15(10-6-4-2)14(16)13-8-7-11-19(17,18)12-13/h13H,3-12H2,1-2H3/t13-/m1/s1. The molecule has 5 heteroatoms. The van der Waals surface area contributed by atoms with Gasteiger partial charge in [-0.2, -0.15) is 0 Å². The fourth-order valence-corrected chi connectivity index (χ4v) is 4.20. The Hall–Kier alpha value is -0.580. The van der Waals surface area contributed by atoms with E-state index in [2.05, 4.69) is 13.8 Å². The summed E-state index contributed by atoms with van der Waals surface area (Å²) in [5.74, 6) is 0.0685. The summed E-state index contributed by atoms with van der Waals surface area (Å²) in [6.07, 6.45) is 5.46. The van der Waals surface area contributed by atoms with Gasteiger partial charge in [-0.25, -0.2) is 8.42 Å². The molecule has 0 aromatic rings. The predicted octanol–water partition coefficient (Wildman–Crippen LogP) is 2.24. The quantitative estimate of drug-likeness (QED) is 0.722. The number of unbranched alkanes of at least 4 members (excludes halogenated alkanes) is 2. The molecule has 0 N–H and O–H groups in total. The summed E-state index contributed by atoms with van der Waals surface area (Å²) < 4.78 is 23.3. The number of rotatable bonds is 7. The number of sulfone groups is 1. The summed E-state index contributed by atoms with van der Waals surface area (Å²) in [5.41, 5.74) is 0. The lowest BCUT2D eigenvalue weighted by Gasteiger charge is -2.29. The van der Waals surface area contributed by atoms with Crippen molar-refractivity contribution in [3.8, 4) is 0 Å². The molecular formula is C14H27NO3S. The SMILES string of the molecule is CCCCN(CCCC)C(=O)[C@@H]1CCCS(=O)(=O)C1. The Kier molecular flexibility index (Phi) is 6.83. The monoisotopic (exact) mass is 289 g/mol. The van der Waals surface area contributed by atoms with Crippen LogP contribution in [0.5, 0.6) is 0 Å². The average Bonchev–Trinajstić information content (AvgIpc) is 2.37. The van der Waals surface area contributed by atoms with E-state index in [1.54, 1.807) is 0 Å². The van der Waals surface area contributed by atoms with Gasteiger partial charge in [0.2, 0.25) is 5.91 Å². The Morgan fingerprint density at radius 1 is 1.16 bits per heavy atom. The van der Waals surface area contributed by atoms with Gasteiger partial charge in [-0.15, -0.1) is 0 Å². The first-order chi connectivity index (χ1) is 9.00. The Balaban J connectivity index is 2.63. The van der Waals surface area contributed by atoms with Gasteiger partial charge in [-0.3, -0.25) is 4.79 Å². The highest BCUT2D eigenvalue weighted by atomic mass is 32.2. The van der Waals surface area contributed by atoms with E-state index in [4.69, 9.17) is 0 Å². The topological polar surface area (TPSA) is 54.5 Å². The van der Waals surface area contributed by atoms with Crippen molar-refractivity contribution in [2.24, 2.45) is 5.92 Å². The highest BCUT2D eigenvalue weighted by Gasteiger charge is 2.32. The molecule has 1 heterocycles. The number of hydrogen-bond donors (Lipinski definition) is 0. The lowest BCUT2D eigenvalue weighted by molar-refractivity contribution is -0.135. The van der Waals surface area contributed by atoms with Crippen molar-refractivity contribution in [3.05, 3.63) is 0 Å². The molecule has 0 unspecified atom stereocenters. The molecule has 0 bridgehead atoms. The van der Waals surface area contributed by atoms with Crippen molar-refractivity contribution < 1.29 is 13.2 Å². The molecule has 1 aliphatic heterocycles. The second-order valence-corrected chi connectivity index (χ2v) is 7.71. The maximum absolute atomic E-state index is 12.5. The maximum Gasteiger partial charge on any atom is 0.226 e. The van der Waals surface area contributed by atoms with Gasteiger partial charge < -0.3 is 4.90 Å². The van der Waals surface area contributed by atoms with Crippen LogP contribution in [-0.2, 0) is 14.6 Å². The van der Waals surface area contributed by atoms with Crippen LogP contribution in [0.1, 0.15) is 52.4 Å². The smallest absolute Gasteiger partial charge is 0.226 e. The molecular weight excluding hydrogens is 262 g/mol. The second-order valence-electron chi connectivity index (χ2n) is 5.49. The molecule has 0 aromatic carbocycles. The minimum Gasteiger partial charge on any atom is -0.342 e. The molecule has 1 atom stereocenters. The highest BCUT2D eigenvalue weighted by molar-refractivity contribution is 7.91. The van der Waals surface area contributed by atoms with Gasteiger partial charge in [0.15, 0.2) is 9.84 Å². The van der Waals surface area contributed by atoms with Gasteiger partial charge in [-0.1, -0.05) is 26.7 Å². The van der Waals surface area contributed by atoms with Gasteiger partial charge >= 0.3 is 0 Å². The fourth-order valence-electron chi connectivity index (χ4n) is 2.51. The van der Waals surface area contributed by atoms with Crippen LogP contribution in [0.2, 0.25) is 0 Å². The Bertz CT molecular complexity index is 370. The molecule has 19 heavy (non-hydrogen) atoms. The summed E-state index contributed by atoms with van der Waals surface area (Å²) in [6.45, 7) is 5.75. The molecule has 0 radical (unpaired) electrons. The van der Waals surface area contributed by atoms with Gasteiger partial charge in [0.25, 0.3) is 0 Å². The van der Waals surface area contributed by atoms with Gasteiger partial charge in [0, 0.05) is 13.1 Å². The zero-order valence-corrected chi connectivity index (χ0v) is 13.0. The minimum atomic E-state index is -3.00. The average molecular weight is 289 g/mol. The fraction of sp³-hybridized carbons (Fsp3) is 0.929. The van der Waals surface area contributed by atoms with Gasteiger partial charge in [0.05, 0.1) is 17.4 Å². The third kappa shape index (κ3) is 5.51. The summed E-state index contributed by atoms with van der Waals surface area (Å²) in [5, 5.41) is 0. The third-order valence-electron chi connectivity index (χ3n) is 3.69. The van der Waals surface area contributed by atoms with E-state index in [1.165, 1.54) is 0 Å². The minimum absolute atomic E-state index is 0.0561. The lowest BCUT2D eigenvalue weighted by atomic mass is 10.0. The molecule has 1 rings (SSSR count). The third-order valence-corrected chi connectivity index (χ3v) is 5.51. The molecule has 112 valence electrons. The van der Waals surface area contributed by atoms with Crippen molar-refractivity contribution in [1.82, 2.24) is 4.90 Å². The van der Waals surface area contributed by atoms with Crippen molar-refractivity contribution >= 4 is 15.7 Å². The Morgan fingerprint density at radius 2 is 1.74 bits per heavy atom. The van der Waals surface area contributed by atoms with Crippen LogP contribution < -0.4 is 0 Å². The molecule has 4 nitrogen and oxygen atoms in total. The van der Waals surface area contributed by atoms with Crippen LogP contribution in [0.25, 0.3) is 0 Å². The summed E-state index contributed by atoms with van der Waals surface area (Å²) in [6, 6.07) is 0. The first kappa shape index (κ1) is 16.5. The normalized spacial score (nSPS) is 22.1. The van der Waals surface area contributed by atoms with Crippen molar-refractivity contribution in [2.45, 2.75) is 52.4 Å². The van der Waals surface area contributed by atoms with Crippen molar-refractivity contribution in [3.63, 3.8) is 0 Å². The summed E-state index contributed by atoms with van der Waals surface area (Å²) >= 11 is 0. The van der Waals surface area contributed by atoms with E-state index >= 15 is 0 Å². The van der Waals surface area contributed by atoms with E-state index < -0.39 is 9.84 Å². The molecule has 0 aliphatic carbocycles. The van der Waals surface area contributed by atoms with Crippen LogP contribution in [0.4, 0.5) is 0 Å². The molecule has 1 saturated heterocycles. The number of nitrogens with zero attached hydrogens (tertiary/aromatic N) is 1. The largest absolute Gasteiger partial charge is 0.342 e. The highest BCUT2D eigenvalue weighted by Crippen LogP contribution is 2.21. The first-order valence-electron chi connectivity index (χ1n) is 7.49. The van der Waals surface area contributed by atoms with Crippen LogP contribution in [-0.4, -0.2) is 43.8 Å². The number of carbonyl (C=O) groups excluding carboxylic acids is 1. The van der Waals surface area contributed by atoms with Crippen LogP contribution in [0.3, 0.4) is 0 Å². The maximum atomic E-state index is 12.5. The Labute approximate surface area is 117 Å². The van der Waals surface area contributed by atoms with Crippen molar-refractivity contribution in [1.29, 1.82) is 0 Å². The second kappa shape index (κ2) is 7.88. The van der Waals surface area contributed by atoms with E-state index in [9.17, 15) is 13.2 Å². The summed E-state index contributed by atoms with van der Waals surface area (Å²) in [7, 11) is -3.00. The molecule has 0 saturated carbocycles. The first-order valence-corrected chi connectivity index (χ1v) is 9.31. The Morgan fingerprint density at radius 3 is 2.21 bits per heavy atom. The van der Waals surface area contributed by atoms with E-state index in [-0.39, 0.29) is 23.3 Å². The molecule has 1 amide bonds. The zero-order chi connectivity index (χ0) is 14.3. The zero-order valence-electron chi connectivity index (χ0n) is 12.2. The number of amides is 1. The molecule has 0 spiro atoms. The number of hydrogen-bond acceptors (Lipinski definition) is 3. The van der Waals surface area contributed by atoms with E-state index in [0.717, 1.165) is 45.2 Å². The van der Waals surface area contributed by atoms with E-state index in [0.29, 0.717) is 6.42 Å². The molecule has 1 fully saturated rings. The molecule has 0 aromatic heterocycles. The summed E-state index contributed by atoms with van der Waals surface area (Å²) in [4.78, 5) is 14.3. The number of carbonyl (C=O) groups is 1. The van der Waals surface area contributed by atoms with Crippen LogP contribution in [0.15, 0.2) is 0 Å². The predicted molar refractivity (Wildman–Crippen MR) is 77.8 cm³/mol. The van der Waals surface area contributed by atoms with Crippen molar-refractivity contribution in [2.75, 3.05) is 24.6 Å². The van der Waals surface area contributed by atoms with E-state index in [1.807, 2.05) is 4.90 Å². The lowest BCUT2D eigenvalue weighted by Crippen LogP contribution is -2.42. The van der Waals surface area contributed by atoms with Gasteiger partial charge in [-0.05, 0) is 25.7 Å². The van der Waals surface area contributed by atoms with Crippen LogP contribution in [0, 0.1) is 5.92 Å². The van der Waals surface area contributed by atoms with Gasteiger partial charge in [0.1, 0.15) is 0 Å². The van der Waals surface area contributed by atoms with Crippen LogP contribution >= 0.6 is 0 Å².